The largest absolute Gasteiger partial charge is 0.476 e. The van der Waals surface area contributed by atoms with Gasteiger partial charge in [0.1, 0.15) is 0 Å². The molecule has 21 heavy (non-hydrogen) atoms. The summed E-state index contributed by atoms with van der Waals surface area (Å²) in [6, 6.07) is 0. The van der Waals surface area contributed by atoms with E-state index in [4.69, 9.17) is 9.84 Å². The molecule has 0 spiro atoms. The number of carboxylic acids is 1. The van der Waals surface area contributed by atoms with E-state index in [1.165, 1.54) is 11.3 Å². The molecule has 0 aromatic carbocycles. The fraction of sp³-hybridized carbons (Fsp3) is 0.643. The lowest BCUT2D eigenvalue weighted by molar-refractivity contribution is -0.149. The summed E-state index contributed by atoms with van der Waals surface area (Å²) in [7, 11) is 0. The van der Waals surface area contributed by atoms with Crippen LogP contribution >= 0.6 is 11.3 Å². The molecular formula is C14H20N2O4S. The van der Waals surface area contributed by atoms with E-state index in [1.54, 1.807) is 5.38 Å². The van der Waals surface area contributed by atoms with E-state index in [0.29, 0.717) is 6.61 Å². The summed E-state index contributed by atoms with van der Waals surface area (Å²) in [5.41, 5.74) is 0.121. The van der Waals surface area contributed by atoms with Gasteiger partial charge in [-0.15, -0.1) is 11.3 Å². The fourth-order valence-corrected chi connectivity index (χ4v) is 3.19. The molecule has 0 atom stereocenters. The maximum atomic E-state index is 11.6. The molecule has 1 aromatic rings. The normalized spacial score (nSPS) is 16.8. The third-order valence-electron chi connectivity index (χ3n) is 3.62. The Labute approximate surface area is 127 Å². The van der Waals surface area contributed by atoms with Crippen molar-refractivity contribution in [3.8, 4) is 0 Å². The summed E-state index contributed by atoms with van der Waals surface area (Å²) in [6.45, 7) is 4.87. The van der Waals surface area contributed by atoms with Gasteiger partial charge in [-0.1, -0.05) is 0 Å². The van der Waals surface area contributed by atoms with Crippen LogP contribution < -0.4 is 0 Å². The van der Waals surface area contributed by atoms with Gasteiger partial charge in [0.25, 0.3) is 0 Å². The molecule has 0 unspecified atom stereocenters. The lowest BCUT2D eigenvalue weighted by atomic mass is 9.97. The van der Waals surface area contributed by atoms with Gasteiger partial charge in [-0.25, -0.2) is 9.78 Å². The highest BCUT2D eigenvalue weighted by Gasteiger charge is 2.25. The Morgan fingerprint density at radius 3 is 2.76 bits per heavy atom. The molecule has 0 saturated carbocycles. The predicted octanol–water partition coefficient (Wildman–Crippen LogP) is 1.66. The lowest BCUT2D eigenvalue weighted by Gasteiger charge is -2.30. The number of nitrogens with zero attached hydrogens (tertiary/aromatic N) is 2. The molecule has 1 aromatic heterocycles. The Bertz CT molecular complexity index is 495. The molecule has 0 bridgehead atoms. The van der Waals surface area contributed by atoms with E-state index < -0.39 is 5.97 Å². The van der Waals surface area contributed by atoms with E-state index in [9.17, 15) is 9.59 Å². The van der Waals surface area contributed by atoms with Crippen LogP contribution in [0.3, 0.4) is 0 Å². The van der Waals surface area contributed by atoms with Crippen molar-refractivity contribution in [2.75, 3.05) is 26.2 Å². The van der Waals surface area contributed by atoms with Gasteiger partial charge in [-0.3, -0.25) is 4.79 Å². The summed E-state index contributed by atoms with van der Waals surface area (Å²) in [6.07, 6.45) is 2.41. The van der Waals surface area contributed by atoms with Crippen molar-refractivity contribution in [1.29, 1.82) is 0 Å². The van der Waals surface area contributed by atoms with Crippen LogP contribution in [0.2, 0.25) is 0 Å². The molecule has 2 heterocycles. The zero-order valence-electron chi connectivity index (χ0n) is 12.1. The van der Waals surface area contributed by atoms with Crippen molar-refractivity contribution in [2.24, 2.45) is 5.92 Å². The minimum absolute atomic E-state index is 0.0275. The van der Waals surface area contributed by atoms with Gasteiger partial charge in [-0.05, 0) is 32.9 Å². The second-order valence-corrected chi connectivity index (χ2v) is 5.99. The highest BCUT2D eigenvalue weighted by atomic mass is 32.1. The smallest absolute Gasteiger partial charge is 0.355 e. The van der Waals surface area contributed by atoms with Crippen LogP contribution in [0.5, 0.6) is 0 Å². The number of hydrogen-bond donors (Lipinski definition) is 1. The average Bonchev–Trinajstić information content (AvgIpc) is 2.95. The van der Waals surface area contributed by atoms with E-state index in [0.717, 1.165) is 43.9 Å². The van der Waals surface area contributed by atoms with Gasteiger partial charge in [-0.2, -0.15) is 0 Å². The van der Waals surface area contributed by atoms with Crippen molar-refractivity contribution >= 4 is 23.3 Å². The lowest BCUT2D eigenvalue weighted by Crippen LogP contribution is -2.38. The zero-order valence-corrected chi connectivity index (χ0v) is 12.9. The molecule has 0 radical (unpaired) electrons. The number of rotatable bonds is 6. The summed E-state index contributed by atoms with van der Waals surface area (Å²) in [4.78, 5) is 28.8. The summed E-state index contributed by atoms with van der Waals surface area (Å²) >= 11 is 1.39. The SMILES string of the molecule is CCOC(=O)C1CCN(CCc2nc(C(=O)O)cs2)CC1. The van der Waals surface area contributed by atoms with Crippen molar-refractivity contribution in [3.05, 3.63) is 16.1 Å². The van der Waals surface area contributed by atoms with Gasteiger partial charge < -0.3 is 14.7 Å². The van der Waals surface area contributed by atoms with Crippen molar-refractivity contribution in [2.45, 2.75) is 26.2 Å². The van der Waals surface area contributed by atoms with Crippen LogP contribution in [0.25, 0.3) is 0 Å². The number of carbonyl (C=O) groups excluding carboxylic acids is 1. The number of esters is 1. The molecular weight excluding hydrogens is 292 g/mol. The van der Waals surface area contributed by atoms with Gasteiger partial charge in [0.2, 0.25) is 0 Å². The first kappa shape index (κ1) is 15.9. The zero-order chi connectivity index (χ0) is 15.2. The molecule has 0 aliphatic carbocycles. The molecule has 1 aliphatic heterocycles. The number of ether oxygens (including phenoxy) is 1. The molecule has 1 fully saturated rings. The first-order valence-electron chi connectivity index (χ1n) is 7.16. The van der Waals surface area contributed by atoms with Crippen molar-refractivity contribution in [3.63, 3.8) is 0 Å². The first-order chi connectivity index (χ1) is 10.1. The minimum atomic E-state index is -0.979. The van der Waals surface area contributed by atoms with Gasteiger partial charge in [0.15, 0.2) is 5.69 Å². The Balaban J connectivity index is 1.73. The van der Waals surface area contributed by atoms with Crippen molar-refractivity contribution < 1.29 is 19.4 Å². The Morgan fingerprint density at radius 1 is 1.48 bits per heavy atom. The van der Waals surface area contributed by atoms with E-state index in [-0.39, 0.29) is 17.6 Å². The summed E-state index contributed by atoms with van der Waals surface area (Å²) < 4.78 is 5.05. The summed E-state index contributed by atoms with van der Waals surface area (Å²) in [5.74, 6) is -1.03. The molecule has 2 rings (SSSR count). The number of carbonyl (C=O) groups is 2. The molecule has 0 amide bonds. The first-order valence-corrected chi connectivity index (χ1v) is 8.04. The number of thiazole rings is 1. The van der Waals surface area contributed by atoms with Gasteiger partial charge >= 0.3 is 11.9 Å². The molecule has 7 heteroatoms. The Hall–Kier alpha value is -1.47. The number of piperidine rings is 1. The topological polar surface area (TPSA) is 79.7 Å². The quantitative estimate of drug-likeness (QED) is 0.805. The highest BCUT2D eigenvalue weighted by molar-refractivity contribution is 7.09. The fourth-order valence-electron chi connectivity index (χ4n) is 2.43. The Kier molecular flexibility index (Phi) is 5.69. The van der Waals surface area contributed by atoms with Crippen LogP contribution in [0.1, 0.15) is 35.3 Å². The number of aromatic nitrogens is 1. The second-order valence-electron chi connectivity index (χ2n) is 5.05. The van der Waals surface area contributed by atoms with Gasteiger partial charge in [0, 0.05) is 18.3 Å². The maximum Gasteiger partial charge on any atom is 0.355 e. The third-order valence-corrected chi connectivity index (χ3v) is 4.53. The monoisotopic (exact) mass is 312 g/mol. The minimum Gasteiger partial charge on any atom is -0.476 e. The number of hydrogen-bond acceptors (Lipinski definition) is 6. The maximum absolute atomic E-state index is 11.6. The average molecular weight is 312 g/mol. The van der Waals surface area contributed by atoms with Crippen LogP contribution in [-0.4, -0.2) is 53.2 Å². The Morgan fingerprint density at radius 2 is 2.19 bits per heavy atom. The standard InChI is InChI=1S/C14H20N2O4S/c1-2-20-14(19)10-3-6-16(7-4-10)8-5-12-15-11(9-21-12)13(17)18/h9-10H,2-8H2,1H3,(H,17,18). The van der Waals surface area contributed by atoms with Crippen molar-refractivity contribution in [1.82, 2.24) is 9.88 Å². The molecule has 116 valence electrons. The van der Waals surface area contributed by atoms with Crippen LogP contribution in [0, 0.1) is 5.92 Å². The highest BCUT2D eigenvalue weighted by Crippen LogP contribution is 2.19. The van der Waals surface area contributed by atoms with E-state index >= 15 is 0 Å². The van der Waals surface area contributed by atoms with E-state index in [2.05, 4.69) is 9.88 Å². The summed E-state index contributed by atoms with van der Waals surface area (Å²) in [5, 5.41) is 11.3. The van der Waals surface area contributed by atoms with Crippen LogP contribution in [0.4, 0.5) is 0 Å². The molecule has 1 saturated heterocycles. The molecule has 6 nitrogen and oxygen atoms in total. The molecule has 1 N–H and O–H groups in total. The van der Waals surface area contributed by atoms with Crippen LogP contribution in [0.15, 0.2) is 5.38 Å². The number of carboxylic acid groups (broad SMARTS) is 1. The predicted molar refractivity (Wildman–Crippen MR) is 78.6 cm³/mol. The van der Waals surface area contributed by atoms with Gasteiger partial charge in [0.05, 0.1) is 17.5 Å². The molecule has 1 aliphatic rings. The number of likely N-dealkylation sites (tertiary alicyclic amines) is 1. The van der Waals surface area contributed by atoms with E-state index in [1.807, 2.05) is 6.92 Å². The second kappa shape index (κ2) is 7.51. The van der Waals surface area contributed by atoms with Crippen LogP contribution in [-0.2, 0) is 16.0 Å². The third kappa shape index (κ3) is 4.50. The number of aromatic carboxylic acids is 1.